The lowest BCUT2D eigenvalue weighted by Crippen LogP contribution is -2.15. The maximum atomic E-state index is 14.0. The highest BCUT2D eigenvalue weighted by molar-refractivity contribution is 5.32. The van der Waals surface area contributed by atoms with Crippen LogP contribution in [0.15, 0.2) is 18.2 Å². The van der Waals surface area contributed by atoms with Gasteiger partial charge in [0, 0.05) is 0 Å². The van der Waals surface area contributed by atoms with Gasteiger partial charge >= 0.3 is 0 Å². The van der Waals surface area contributed by atoms with Gasteiger partial charge in [0.15, 0.2) is 0 Å². The first-order chi connectivity index (χ1) is 12.7. The molecule has 0 heterocycles. The SMILES string of the molecule is CCCCCCCCC[C@H]1CC[C@H](CCc2ccc(C#N)cc2F)CC1. The standard InChI is InChI=1S/C24H36FN/c1-2-3-4-5-6-7-8-9-20-10-12-21(13-11-20)14-16-23-17-15-22(19-26)18-24(23)25/h15,17-18,20-21H,2-14,16H2,1H3/t20-,21-. The van der Waals surface area contributed by atoms with Crippen molar-refractivity contribution in [3.05, 3.63) is 35.1 Å². The Kier molecular flexibility index (Phi) is 9.75. The zero-order valence-corrected chi connectivity index (χ0v) is 16.6. The van der Waals surface area contributed by atoms with Crippen molar-refractivity contribution >= 4 is 0 Å². The number of rotatable bonds is 11. The molecule has 26 heavy (non-hydrogen) atoms. The summed E-state index contributed by atoms with van der Waals surface area (Å²) >= 11 is 0. The van der Waals surface area contributed by atoms with Crippen LogP contribution in [0.3, 0.4) is 0 Å². The second kappa shape index (κ2) is 12.1. The topological polar surface area (TPSA) is 23.8 Å². The highest BCUT2D eigenvalue weighted by atomic mass is 19.1. The van der Waals surface area contributed by atoms with E-state index in [1.165, 1.54) is 83.1 Å². The Morgan fingerprint density at radius 1 is 0.923 bits per heavy atom. The van der Waals surface area contributed by atoms with Crippen LogP contribution in [-0.4, -0.2) is 0 Å². The summed E-state index contributed by atoms with van der Waals surface area (Å²) in [5.74, 6) is 1.49. The summed E-state index contributed by atoms with van der Waals surface area (Å²) in [7, 11) is 0. The lowest BCUT2D eigenvalue weighted by molar-refractivity contribution is 0.248. The van der Waals surface area contributed by atoms with E-state index in [1.54, 1.807) is 12.1 Å². The summed E-state index contributed by atoms with van der Waals surface area (Å²) in [5, 5.41) is 8.82. The average Bonchev–Trinajstić information content (AvgIpc) is 2.67. The fourth-order valence-electron chi connectivity index (χ4n) is 4.38. The predicted molar refractivity (Wildman–Crippen MR) is 107 cm³/mol. The molecule has 0 atom stereocenters. The molecule has 1 aliphatic rings. The van der Waals surface area contributed by atoms with E-state index in [0.29, 0.717) is 5.56 Å². The second-order valence-corrected chi connectivity index (χ2v) is 8.25. The number of hydrogen-bond donors (Lipinski definition) is 0. The Morgan fingerprint density at radius 3 is 2.15 bits per heavy atom. The number of nitrogens with zero attached hydrogens (tertiary/aromatic N) is 1. The van der Waals surface area contributed by atoms with E-state index in [1.807, 2.05) is 6.07 Å². The minimum Gasteiger partial charge on any atom is -0.207 e. The highest BCUT2D eigenvalue weighted by Gasteiger charge is 2.21. The Bertz CT molecular complexity index is 552. The number of unbranched alkanes of at least 4 members (excludes halogenated alkanes) is 6. The fraction of sp³-hybridized carbons (Fsp3) is 0.708. The van der Waals surface area contributed by atoms with Crippen molar-refractivity contribution in [2.24, 2.45) is 11.8 Å². The Morgan fingerprint density at radius 2 is 1.54 bits per heavy atom. The smallest absolute Gasteiger partial charge is 0.127 e. The van der Waals surface area contributed by atoms with E-state index in [0.717, 1.165) is 30.2 Å². The van der Waals surface area contributed by atoms with Crippen molar-refractivity contribution in [3.63, 3.8) is 0 Å². The number of nitriles is 1. The minimum absolute atomic E-state index is 0.211. The molecule has 0 bridgehead atoms. The van der Waals surface area contributed by atoms with Gasteiger partial charge in [-0.05, 0) is 42.4 Å². The van der Waals surface area contributed by atoms with Crippen molar-refractivity contribution in [3.8, 4) is 6.07 Å². The van der Waals surface area contributed by atoms with E-state index in [4.69, 9.17) is 5.26 Å². The lowest BCUT2D eigenvalue weighted by Gasteiger charge is -2.28. The molecule has 144 valence electrons. The van der Waals surface area contributed by atoms with E-state index in [9.17, 15) is 4.39 Å². The van der Waals surface area contributed by atoms with Crippen molar-refractivity contribution < 1.29 is 4.39 Å². The first-order valence-corrected chi connectivity index (χ1v) is 10.9. The van der Waals surface area contributed by atoms with Crippen LogP contribution >= 0.6 is 0 Å². The van der Waals surface area contributed by atoms with Gasteiger partial charge < -0.3 is 0 Å². The third-order valence-electron chi connectivity index (χ3n) is 6.19. The molecule has 0 aromatic heterocycles. The maximum absolute atomic E-state index is 14.0. The molecule has 2 heteroatoms. The summed E-state index contributed by atoms with van der Waals surface area (Å²) in [5.41, 5.74) is 1.19. The van der Waals surface area contributed by atoms with Crippen LogP contribution in [-0.2, 0) is 6.42 Å². The van der Waals surface area contributed by atoms with Crippen molar-refractivity contribution in [1.82, 2.24) is 0 Å². The van der Waals surface area contributed by atoms with Gasteiger partial charge in [0.05, 0.1) is 11.6 Å². The first kappa shape index (κ1) is 20.9. The van der Waals surface area contributed by atoms with Crippen LogP contribution in [0.5, 0.6) is 0 Å². The largest absolute Gasteiger partial charge is 0.207 e. The molecular formula is C24H36FN. The summed E-state index contributed by atoms with van der Waals surface area (Å²) in [6.45, 7) is 2.28. The van der Waals surface area contributed by atoms with E-state index >= 15 is 0 Å². The molecule has 0 amide bonds. The molecule has 1 fully saturated rings. The van der Waals surface area contributed by atoms with Crippen LogP contribution in [0.1, 0.15) is 102 Å². The molecule has 1 saturated carbocycles. The predicted octanol–water partition coefficient (Wildman–Crippen LogP) is 7.58. The number of hydrogen-bond acceptors (Lipinski definition) is 1. The summed E-state index contributed by atoms with van der Waals surface area (Å²) < 4.78 is 14.0. The average molecular weight is 358 g/mol. The van der Waals surface area contributed by atoms with Crippen LogP contribution in [0, 0.1) is 29.0 Å². The van der Waals surface area contributed by atoms with Crippen LogP contribution in [0.25, 0.3) is 0 Å². The van der Waals surface area contributed by atoms with Crippen LogP contribution < -0.4 is 0 Å². The van der Waals surface area contributed by atoms with E-state index in [2.05, 4.69) is 6.92 Å². The maximum Gasteiger partial charge on any atom is 0.127 e. The molecule has 0 saturated heterocycles. The number of aryl methyl sites for hydroxylation is 1. The number of benzene rings is 1. The molecule has 0 N–H and O–H groups in total. The lowest BCUT2D eigenvalue weighted by atomic mass is 9.77. The van der Waals surface area contributed by atoms with Crippen molar-refractivity contribution in [2.45, 2.75) is 96.8 Å². The Labute approximate surface area is 160 Å². The molecule has 2 rings (SSSR count). The molecule has 1 aromatic carbocycles. The Hall–Kier alpha value is -1.36. The highest BCUT2D eigenvalue weighted by Crippen LogP contribution is 2.34. The van der Waals surface area contributed by atoms with Gasteiger partial charge in [-0.2, -0.15) is 5.26 Å². The van der Waals surface area contributed by atoms with Crippen molar-refractivity contribution in [1.29, 1.82) is 5.26 Å². The zero-order chi connectivity index (χ0) is 18.6. The second-order valence-electron chi connectivity index (χ2n) is 8.25. The molecule has 1 nitrogen and oxygen atoms in total. The van der Waals surface area contributed by atoms with E-state index in [-0.39, 0.29) is 5.82 Å². The summed E-state index contributed by atoms with van der Waals surface area (Å²) in [6, 6.07) is 6.89. The molecule has 0 unspecified atom stereocenters. The van der Waals surface area contributed by atoms with Crippen LogP contribution in [0.2, 0.25) is 0 Å². The molecule has 0 spiro atoms. The third-order valence-corrected chi connectivity index (χ3v) is 6.19. The number of halogens is 1. The van der Waals surface area contributed by atoms with Gasteiger partial charge in [-0.3, -0.25) is 0 Å². The quantitative estimate of drug-likeness (QED) is 0.374. The van der Waals surface area contributed by atoms with Gasteiger partial charge in [-0.15, -0.1) is 0 Å². The summed E-state index contributed by atoms with van der Waals surface area (Å²) in [6.07, 6.45) is 18.5. The third kappa shape index (κ3) is 7.48. The molecule has 0 radical (unpaired) electrons. The Balaban J connectivity index is 1.57. The fourth-order valence-corrected chi connectivity index (χ4v) is 4.38. The minimum atomic E-state index is -0.211. The normalized spacial score (nSPS) is 20.0. The van der Waals surface area contributed by atoms with E-state index < -0.39 is 0 Å². The van der Waals surface area contributed by atoms with Gasteiger partial charge in [0.1, 0.15) is 5.82 Å². The first-order valence-electron chi connectivity index (χ1n) is 10.9. The molecule has 1 aliphatic carbocycles. The summed E-state index contributed by atoms with van der Waals surface area (Å²) in [4.78, 5) is 0. The van der Waals surface area contributed by atoms with Gasteiger partial charge in [0.2, 0.25) is 0 Å². The molecular weight excluding hydrogens is 321 g/mol. The van der Waals surface area contributed by atoms with Gasteiger partial charge in [0.25, 0.3) is 0 Å². The van der Waals surface area contributed by atoms with Gasteiger partial charge in [-0.25, -0.2) is 4.39 Å². The molecule has 0 aliphatic heterocycles. The monoisotopic (exact) mass is 357 g/mol. The molecule has 1 aromatic rings. The van der Waals surface area contributed by atoms with Crippen LogP contribution in [0.4, 0.5) is 4.39 Å². The van der Waals surface area contributed by atoms with Crippen molar-refractivity contribution in [2.75, 3.05) is 0 Å². The zero-order valence-electron chi connectivity index (χ0n) is 16.6. The van der Waals surface area contributed by atoms with Gasteiger partial charge in [-0.1, -0.05) is 90.0 Å².